The highest BCUT2D eigenvalue weighted by Crippen LogP contribution is 2.27. The monoisotopic (exact) mass is 319 g/mol. The van der Waals surface area contributed by atoms with Crippen molar-refractivity contribution in [1.82, 2.24) is 4.31 Å². The lowest BCUT2D eigenvalue weighted by Crippen LogP contribution is -2.44. The second-order valence-corrected chi connectivity index (χ2v) is 6.83. The van der Waals surface area contributed by atoms with Gasteiger partial charge in [0.2, 0.25) is 10.0 Å². The quantitative estimate of drug-likeness (QED) is 0.921. The van der Waals surface area contributed by atoms with Crippen LogP contribution in [0.15, 0.2) is 23.1 Å². The number of hydrogen-bond donors (Lipinski definition) is 1. The lowest BCUT2D eigenvalue weighted by atomic mass is 10.0. The number of rotatable bonds is 4. The number of benzene rings is 1. The van der Waals surface area contributed by atoms with Gasteiger partial charge in [0.05, 0.1) is 11.3 Å². The maximum Gasteiger partial charge on any atom is 0.304 e. The van der Waals surface area contributed by atoms with Crippen molar-refractivity contribution in [1.29, 1.82) is 0 Å². The Morgan fingerprint density at radius 2 is 2.00 bits per heavy atom. The second kappa shape index (κ2) is 6.07. The van der Waals surface area contributed by atoms with Crippen LogP contribution in [0.5, 0.6) is 0 Å². The fourth-order valence-corrected chi connectivity index (χ4v) is 4.17. The van der Waals surface area contributed by atoms with E-state index < -0.39 is 33.7 Å². The third kappa shape index (κ3) is 3.38. The molecule has 1 heterocycles. The van der Waals surface area contributed by atoms with E-state index in [1.165, 1.54) is 0 Å². The maximum absolute atomic E-state index is 13.2. The Bertz CT molecular complexity index is 648. The van der Waals surface area contributed by atoms with E-state index in [9.17, 15) is 22.0 Å². The summed E-state index contributed by atoms with van der Waals surface area (Å²) in [5.74, 6) is -3.47. The lowest BCUT2D eigenvalue weighted by molar-refractivity contribution is -0.138. The zero-order chi connectivity index (χ0) is 15.6. The molecular formula is C13H15F2NO4S. The molecule has 0 saturated carbocycles. The molecular weight excluding hydrogens is 304 g/mol. The van der Waals surface area contributed by atoms with E-state index in [2.05, 4.69) is 0 Å². The van der Waals surface area contributed by atoms with Crippen molar-refractivity contribution in [2.24, 2.45) is 0 Å². The molecule has 1 N–H and O–H groups in total. The Morgan fingerprint density at radius 3 is 2.62 bits per heavy atom. The van der Waals surface area contributed by atoms with Gasteiger partial charge in [0.1, 0.15) is 0 Å². The Balaban J connectivity index is 2.35. The molecule has 1 unspecified atom stereocenters. The van der Waals surface area contributed by atoms with Crippen molar-refractivity contribution in [3.8, 4) is 0 Å². The van der Waals surface area contributed by atoms with Gasteiger partial charge < -0.3 is 5.11 Å². The van der Waals surface area contributed by atoms with Crippen LogP contribution in [0, 0.1) is 11.6 Å². The van der Waals surface area contributed by atoms with Crippen LogP contribution >= 0.6 is 0 Å². The van der Waals surface area contributed by atoms with Crippen LogP contribution in [-0.2, 0) is 14.8 Å². The molecule has 0 spiro atoms. The summed E-state index contributed by atoms with van der Waals surface area (Å²) < 4.78 is 52.2. The van der Waals surface area contributed by atoms with Gasteiger partial charge in [-0.2, -0.15) is 4.31 Å². The van der Waals surface area contributed by atoms with E-state index in [1.54, 1.807) is 0 Å². The van der Waals surface area contributed by atoms with Gasteiger partial charge in [-0.3, -0.25) is 4.79 Å². The molecule has 1 aliphatic rings. The highest BCUT2D eigenvalue weighted by molar-refractivity contribution is 7.89. The summed E-state index contributed by atoms with van der Waals surface area (Å²) in [7, 11) is -4.03. The minimum absolute atomic E-state index is 0.180. The Kier molecular flexibility index (Phi) is 4.58. The summed E-state index contributed by atoms with van der Waals surface area (Å²) >= 11 is 0. The molecule has 0 aliphatic carbocycles. The molecule has 1 saturated heterocycles. The van der Waals surface area contributed by atoms with Gasteiger partial charge in [-0.15, -0.1) is 0 Å². The molecule has 5 nitrogen and oxygen atoms in total. The van der Waals surface area contributed by atoms with E-state index in [4.69, 9.17) is 5.11 Å². The van der Waals surface area contributed by atoms with Crippen LogP contribution < -0.4 is 0 Å². The first kappa shape index (κ1) is 15.8. The van der Waals surface area contributed by atoms with Crippen LogP contribution in [0.25, 0.3) is 0 Å². The van der Waals surface area contributed by atoms with Crippen LogP contribution in [-0.4, -0.2) is 36.4 Å². The van der Waals surface area contributed by atoms with E-state index in [0.717, 1.165) is 22.9 Å². The minimum Gasteiger partial charge on any atom is -0.481 e. The number of piperidine rings is 1. The summed E-state index contributed by atoms with van der Waals surface area (Å²) in [6, 6.07) is 1.70. The maximum atomic E-state index is 13.2. The van der Waals surface area contributed by atoms with Crippen molar-refractivity contribution in [2.75, 3.05) is 6.54 Å². The first-order valence-electron chi connectivity index (χ1n) is 6.51. The average molecular weight is 319 g/mol. The van der Waals surface area contributed by atoms with E-state index >= 15 is 0 Å². The molecule has 2 rings (SSSR count). The van der Waals surface area contributed by atoms with Crippen molar-refractivity contribution < 1.29 is 27.1 Å². The predicted octanol–water partition coefficient (Wildman–Crippen LogP) is 1.98. The zero-order valence-corrected chi connectivity index (χ0v) is 11.9. The SMILES string of the molecule is O=C(O)CC1CCCCN1S(=O)(=O)c1ccc(F)c(F)c1. The van der Waals surface area contributed by atoms with Gasteiger partial charge in [-0.1, -0.05) is 6.42 Å². The number of carboxylic acid groups (broad SMARTS) is 1. The number of sulfonamides is 1. The molecule has 0 aromatic heterocycles. The van der Waals surface area contributed by atoms with Crippen LogP contribution in [0.4, 0.5) is 8.78 Å². The highest BCUT2D eigenvalue weighted by atomic mass is 32.2. The molecule has 1 fully saturated rings. The van der Waals surface area contributed by atoms with E-state index in [0.29, 0.717) is 18.9 Å². The van der Waals surface area contributed by atoms with Crippen molar-refractivity contribution in [2.45, 2.75) is 36.6 Å². The predicted molar refractivity (Wildman–Crippen MR) is 70.1 cm³/mol. The summed E-state index contributed by atoms with van der Waals surface area (Å²) in [4.78, 5) is 10.5. The minimum atomic E-state index is -4.03. The molecule has 0 amide bonds. The fraction of sp³-hybridized carbons (Fsp3) is 0.462. The van der Waals surface area contributed by atoms with Gasteiger partial charge in [0.25, 0.3) is 0 Å². The molecule has 116 valence electrons. The molecule has 0 bridgehead atoms. The number of halogens is 2. The third-order valence-electron chi connectivity index (χ3n) is 3.48. The van der Waals surface area contributed by atoms with Crippen molar-refractivity contribution in [3.63, 3.8) is 0 Å². The summed E-state index contributed by atoms with van der Waals surface area (Å²) in [5, 5.41) is 8.87. The number of aliphatic carboxylic acids is 1. The first-order valence-corrected chi connectivity index (χ1v) is 7.95. The molecule has 1 aromatic carbocycles. The molecule has 1 atom stereocenters. The number of hydrogen-bond acceptors (Lipinski definition) is 3. The topological polar surface area (TPSA) is 74.7 Å². The third-order valence-corrected chi connectivity index (χ3v) is 5.43. The summed E-state index contributed by atoms with van der Waals surface area (Å²) in [6.07, 6.45) is 1.49. The highest BCUT2D eigenvalue weighted by Gasteiger charge is 2.34. The number of carbonyl (C=O) groups is 1. The average Bonchev–Trinajstić information content (AvgIpc) is 2.41. The zero-order valence-electron chi connectivity index (χ0n) is 11.1. The van der Waals surface area contributed by atoms with Gasteiger partial charge in [0, 0.05) is 12.6 Å². The van der Waals surface area contributed by atoms with Crippen molar-refractivity contribution >= 4 is 16.0 Å². The van der Waals surface area contributed by atoms with Crippen molar-refractivity contribution in [3.05, 3.63) is 29.8 Å². The molecule has 1 aromatic rings. The van der Waals surface area contributed by atoms with Gasteiger partial charge in [0.15, 0.2) is 11.6 Å². The van der Waals surface area contributed by atoms with Crippen LogP contribution in [0.3, 0.4) is 0 Å². The Hall–Kier alpha value is -1.54. The standard InChI is InChI=1S/C13H15F2NO4S/c14-11-5-4-10(8-12(11)15)21(19,20)16-6-2-1-3-9(16)7-13(17)18/h4-5,8-9H,1-3,6-7H2,(H,17,18). The molecule has 8 heteroatoms. The van der Waals surface area contributed by atoms with Crippen LogP contribution in [0.2, 0.25) is 0 Å². The lowest BCUT2D eigenvalue weighted by Gasteiger charge is -2.33. The Morgan fingerprint density at radius 1 is 1.29 bits per heavy atom. The number of carboxylic acids is 1. The largest absolute Gasteiger partial charge is 0.481 e. The Labute approximate surface area is 121 Å². The van der Waals surface area contributed by atoms with Gasteiger partial charge >= 0.3 is 5.97 Å². The van der Waals surface area contributed by atoms with E-state index in [1.807, 2.05) is 0 Å². The molecule has 0 radical (unpaired) electrons. The normalized spacial score (nSPS) is 20.4. The van der Waals surface area contributed by atoms with E-state index in [-0.39, 0.29) is 17.9 Å². The first-order chi connectivity index (χ1) is 9.82. The summed E-state index contributed by atoms with van der Waals surface area (Å²) in [5.41, 5.74) is 0. The van der Waals surface area contributed by atoms with Gasteiger partial charge in [-0.25, -0.2) is 17.2 Å². The fourth-order valence-electron chi connectivity index (χ4n) is 2.47. The smallest absolute Gasteiger partial charge is 0.304 e. The second-order valence-electron chi connectivity index (χ2n) is 4.94. The number of nitrogens with zero attached hydrogens (tertiary/aromatic N) is 1. The molecule has 1 aliphatic heterocycles. The van der Waals surface area contributed by atoms with Crippen LogP contribution in [0.1, 0.15) is 25.7 Å². The van der Waals surface area contributed by atoms with Gasteiger partial charge in [-0.05, 0) is 31.0 Å². The summed E-state index contributed by atoms with van der Waals surface area (Å²) in [6.45, 7) is 0.180. The molecule has 21 heavy (non-hydrogen) atoms.